The Bertz CT molecular complexity index is 744. The van der Waals surface area contributed by atoms with Crippen LogP contribution in [-0.2, 0) is 9.59 Å². The lowest BCUT2D eigenvalue weighted by Gasteiger charge is -2.36. The molecule has 0 aromatic heterocycles. The fourth-order valence-corrected chi connectivity index (χ4v) is 4.30. The van der Waals surface area contributed by atoms with Gasteiger partial charge in [0.05, 0.1) is 0 Å². The van der Waals surface area contributed by atoms with Gasteiger partial charge in [-0.3, -0.25) is 9.59 Å². The third kappa shape index (κ3) is 6.33. The Kier molecular flexibility index (Phi) is 7.71. The normalized spacial score (nSPS) is 20.6. The summed E-state index contributed by atoms with van der Waals surface area (Å²) in [6.45, 7) is 3.60. The average Bonchev–Trinajstić information content (AvgIpc) is 2.76. The van der Waals surface area contributed by atoms with Crippen molar-refractivity contribution in [3.8, 4) is 11.8 Å². The van der Waals surface area contributed by atoms with Crippen molar-refractivity contribution in [3.63, 3.8) is 0 Å². The number of benzene rings is 1. The lowest BCUT2D eigenvalue weighted by Crippen LogP contribution is -2.44. The molecule has 2 heterocycles. The van der Waals surface area contributed by atoms with Crippen molar-refractivity contribution in [3.05, 3.63) is 35.9 Å². The first kappa shape index (κ1) is 21.4. The zero-order valence-electron chi connectivity index (χ0n) is 17.8. The predicted octanol–water partition coefficient (Wildman–Crippen LogP) is 2.61. The summed E-state index contributed by atoms with van der Waals surface area (Å²) >= 11 is 0. The fourth-order valence-electron chi connectivity index (χ4n) is 4.30. The van der Waals surface area contributed by atoms with Crippen LogP contribution in [0.15, 0.2) is 30.3 Å². The second kappa shape index (κ2) is 10.5. The topological polar surface area (TPSA) is 43.9 Å². The summed E-state index contributed by atoms with van der Waals surface area (Å²) in [5.41, 5.74) is 0.858. The third-order valence-electron chi connectivity index (χ3n) is 6.29. The first-order valence-corrected chi connectivity index (χ1v) is 10.8. The lowest BCUT2D eigenvalue weighted by atomic mass is 9.92. The van der Waals surface area contributed by atoms with Gasteiger partial charge >= 0.3 is 0 Å². The van der Waals surface area contributed by atoms with Crippen LogP contribution in [0.5, 0.6) is 0 Å². The van der Waals surface area contributed by atoms with E-state index in [1.807, 2.05) is 47.2 Å². The molecule has 1 atom stereocenters. The van der Waals surface area contributed by atoms with Gasteiger partial charge in [-0.2, -0.15) is 0 Å². The molecule has 0 aliphatic carbocycles. The van der Waals surface area contributed by atoms with Crippen molar-refractivity contribution in [2.45, 2.75) is 44.6 Å². The maximum atomic E-state index is 12.7. The lowest BCUT2D eigenvalue weighted by molar-refractivity contribution is -0.133. The summed E-state index contributed by atoms with van der Waals surface area (Å²) < 4.78 is 0. The Morgan fingerprint density at radius 2 is 1.83 bits per heavy atom. The average molecular weight is 396 g/mol. The summed E-state index contributed by atoms with van der Waals surface area (Å²) in [7, 11) is 4.09. The highest BCUT2D eigenvalue weighted by atomic mass is 16.2. The van der Waals surface area contributed by atoms with Crippen LogP contribution in [0.3, 0.4) is 0 Å². The van der Waals surface area contributed by atoms with Gasteiger partial charge in [0.1, 0.15) is 0 Å². The molecule has 0 N–H and O–H groups in total. The van der Waals surface area contributed by atoms with Crippen molar-refractivity contribution in [2.24, 2.45) is 5.92 Å². The van der Waals surface area contributed by atoms with E-state index in [2.05, 4.69) is 23.8 Å². The number of carbonyl (C=O) groups is 2. The molecule has 5 heteroatoms. The van der Waals surface area contributed by atoms with Gasteiger partial charge < -0.3 is 14.7 Å². The predicted molar refractivity (Wildman–Crippen MR) is 115 cm³/mol. The molecule has 29 heavy (non-hydrogen) atoms. The van der Waals surface area contributed by atoms with Crippen LogP contribution in [-0.4, -0.2) is 72.8 Å². The molecule has 0 radical (unpaired) electrons. The zero-order chi connectivity index (χ0) is 20.6. The number of amides is 2. The van der Waals surface area contributed by atoms with Crippen LogP contribution in [0.1, 0.15) is 44.1 Å². The molecule has 2 amide bonds. The second-order valence-corrected chi connectivity index (χ2v) is 8.45. The van der Waals surface area contributed by atoms with Gasteiger partial charge in [0.15, 0.2) is 0 Å². The molecule has 0 spiro atoms. The fraction of sp³-hybridized carbons (Fsp3) is 0.583. The number of piperidine rings is 2. The SMILES string of the molecule is CN1CCC(N(C)C(=O)CCC2CCCN(C(=O)C#Cc3ccccc3)C2)CC1. The van der Waals surface area contributed by atoms with Crippen LogP contribution in [0, 0.1) is 17.8 Å². The van der Waals surface area contributed by atoms with Gasteiger partial charge in [0.25, 0.3) is 5.91 Å². The molecular formula is C24H33N3O2. The summed E-state index contributed by atoms with van der Waals surface area (Å²) in [4.78, 5) is 31.3. The van der Waals surface area contributed by atoms with Crippen molar-refractivity contribution < 1.29 is 9.59 Å². The van der Waals surface area contributed by atoms with Crippen LogP contribution in [0.25, 0.3) is 0 Å². The molecular weight excluding hydrogens is 362 g/mol. The number of hydrogen-bond acceptors (Lipinski definition) is 3. The van der Waals surface area contributed by atoms with Gasteiger partial charge in [0.2, 0.25) is 5.91 Å². The molecule has 156 valence electrons. The van der Waals surface area contributed by atoms with E-state index in [0.717, 1.165) is 57.3 Å². The smallest absolute Gasteiger partial charge is 0.298 e. The zero-order valence-corrected chi connectivity index (χ0v) is 17.8. The van der Waals surface area contributed by atoms with Gasteiger partial charge in [-0.25, -0.2) is 0 Å². The molecule has 2 aliphatic rings. The Balaban J connectivity index is 1.45. The van der Waals surface area contributed by atoms with E-state index in [1.54, 1.807) is 0 Å². The van der Waals surface area contributed by atoms with Crippen LogP contribution in [0.4, 0.5) is 0 Å². The highest BCUT2D eigenvalue weighted by Gasteiger charge is 2.26. The Morgan fingerprint density at radius 1 is 1.10 bits per heavy atom. The minimum Gasteiger partial charge on any atom is -0.343 e. The van der Waals surface area contributed by atoms with Crippen molar-refractivity contribution in [2.75, 3.05) is 40.3 Å². The second-order valence-electron chi connectivity index (χ2n) is 8.45. The summed E-state index contributed by atoms with van der Waals surface area (Å²) in [5.74, 6) is 6.26. The van der Waals surface area contributed by atoms with E-state index in [9.17, 15) is 9.59 Å². The highest BCUT2D eigenvalue weighted by molar-refractivity contribution is 5.94. The molecule has 0 bridgehead atoms. The van der Waals surface area contributed by atoms with E-state index in [-0.39, 0.29) is 11.8 Å². The van der Waals surface area contributed by atoms with E-state index in [1.165, 1.54) is 0 Å². The van der Waals surface area contributed by atoms with E-state index >= 15 is 0 Å². The molecule has 0 saturated carbocycles. The molecule has 1 aromatic carbocycles. The minimum atomic E-state index is -0.103. The van der Waals surface area contributed by atoms with Crippen molar-refractivity contribution in [1.82, 2.24) is 14.7 Å². The monoisotopic (exact) mass is 395 g/mol. The van der Waals surface area contributed by atoms with Crippen LogP contribution >= 0.6 is 0 Å². The van der Waals surface area contributed by atoms with Gasteiger partial charge in [0, 0.05) is 44.1 Å². The van der Waals surface area contributed by atoms with Crippen LogP contribution < -0.4 is 0 Å². The maximum absolute atomic E-state index is 12.7. The molecule has 2 aliphatic heterocycles. The largest absolute Gasteiger partial charge is 0.343 e. The van der Waals surface area contributed by atoms with Gasteiger partial charge in [-0.1, -0.05) is 24.1 Å². The summed E-state index contributed by atoms with van der Waals surface area (Å²) in [6.07, 6.45) is 5.62. The molecule has 3 rings (SSSR count). The number of hydrogen-bond donors (Lipinski definition) is 0. The molecule has 2 fully saturated rings. The van der Waals surface area contributed by atoms with Gasteiger partial charge in [-0.05, 0) is 70.3 Å². The first-order chi connectivity index (χ1) is 14.0. The van der Waals surface area contributed by atoms with E-state index in [0.29, 0.717) is 24.9 Å². The Hall–Kier alpha value is -2.32. The minimum absolute atomic E-state index is 0.103. The summed E-state index contributed by atoms with van der Waals surface area (Å²) in [5, 5.41) is 0. The number of nitrogens with zero attached hydrogens (tertiary/aromatic N) is 3. The number of rotatable bonds is 4. The third-order valence-corrected chi connectivity index (χ3v) is 6.29. The Labute approximate surface area is 175 Å². The number of likely N-dealkylation sites (tertiary alicyclic amines) is 2. The first-order valence-electron chi connectivity index (χ1n) is 10.8. The van der Waals surface area contributed by atoms with Crippen LogP contribution in [0.2, 0.25) is 0 Å². The Morgan fingerprint density at radius 3 is 2.55 bits per heavy atom. The molecule has 1 unspecified atom stereocenters. The standard InChI is InChI=1S/C24H33N3O2/c1-25-17-14-22(15-18-25)26(2)23(28)12-11-21-9-6-16-27(19-21)24(29)13-10-20-7-4-3-5-8-20/h3-5,7-8,21-22H,6,9,11-12,14-19H2,1-2H3. The van der Waals surface area contributed by atoms with Gasteiger partial charge in [-0.15, -0.1) is 0 Å². The van der Waals surface area contributed by atoms with Crippen molar-refractivity contribution >= 4 is 11.8 Å². The summed E-state index contributed by atoms with van der Waals surface area (Å²) in [6, 6.07) is 9.97. The maximum Gasteiger partial charge on any atom is 0.298 e. The molecule has 2 saturated heterocycles. The molecule has 1 aromatic rings. The molecule has 5 nitrogen and oxygen atoms in total. The quantitative estimate of drug-likeness (QED) is 0.736. The van der Waals surface area contributed by atoms with E-state index in [4.69, 9.17) is 0 Å². The van der Waals surface area contributed by atoms with Crippen molar-refractivity contribution in [1.29, 1.82) is 0 Å². The highest BCUT2D eigenvalue weighted by Crippen LogP contribution is 2.22. The van der Waals surface area contributed by atoms with E-state index < -0.39 is 0 Å². The number of carbonyl (C=O) groups excluding carboxylic acids is 2.